The fourth-order valence-corrected chi connectivity index (χ4v) is 2.49. The second-order valence-electron chi connectivity index (χ2n) is 4.03. The second-order valence-corrected chi connectivity index (χ2v) is 5.90. The number of hydrogen-bond acceptors (Lipinski definition) is 3. The Kier molecular flexibility index (Phi) is 7.47. The Morgan fingerprint density at radius 2 is 2.17 bits per heavy atom. The number of nitrogens with two attached hydrogens (primary N) is 1. The third-order valence-electron chi connectivity index (χ3n) is 2.59. The van der Waals surface area contributed by atoms with E-state index in [1.165, 1.54) is 18.6 Å². The van der Waals surface area contributed by atoms with E-state index >= 15 is 0 Å². The van der Waals surface area contributed by atoms with E-state index in [1.807, 2.05) is 23.9 Å². The van der Waals surface area contributed by atoms with Crippen molar-refractivity contribution in [2.45, 2.75) is 19.3 Å². The molecule has 0 unspecified atom stereocenters. The van der Waals surface area contributed by atoms with Gasteiger partial charge in [-0.2, -0.15) is 11.8 Å². The molecule has 0 aliphatic heterocycles. The molecule has 0 radical (unpaired) electrons. The van der Waals surface area contributed by atoms with Crippen LogP contribution in [-0.2, 0) is 0 Å². The predicted molar refractivity (Wildman–Crippen MR) is 88.1 cm³/mol. The Bertz CT molecular complexity index is 397. The average molecular weight is 303 g/mol. The summed E-state index contributed by atoms with van der Waals surface area (Å²) in [6.07, 6.45) is 5.78. The molecule has 0 heterocycles. The molecule has 0 saturated heterocycles. The molecule has 5 heteroatoms. The SMILES string of the molecule is CSCCCCCNc1cc(Cl)ccc1C(N)=S. The van der Waals surface area contributed by atoms with Crippen LogP contribution in [0.15, 0.2) is 18.2 Å². The minimum absolute atomic E-state index is 0.400. The van der Waals surface area contributed by atoms with Crippen LogP contribution in [0.5, 0.6) is 0 Å². The molecule has 1 aromatic carbocycles. The highest BCUT2D eigenvalue weighted by atomic mass is 35.5. The van der Waals surface area contributed by atoms with Crippen LogP contribution in [0.25, 0.3) is 0 Å². The molecule has 0 saturated carbocycles. The maximum absolute atomic E-state index is 5.98. The van der Waals surface area contributed by atoms with Crippen molar-refractivity contribution in [1.82, 2.24) is 0 Å². The van der Waals surface area contributed by atoms with Gasteiger partial charge in [0, 0.05) is 22.8 Å². The number of nitrogens with one attached hydrogen (secondary N) is 1. The number of anilines is 1. The van der Waals surface area contributed by atoms with Gasteiger partial charge in [0.15, 0.2) is 0 Å². The molecule has 18 heavy (non-hydrogen) atoms. The monoisotopic (exact) mass is 302 g/mol. The van der Waals surface area contributed by atoms with Crippen LogP contribution in [0.2, 0.25) is 5.02 Å². The fraction of sp³-hybridized carbons (Fsp3) is 0.462. The largest absolute Gasteiger partial charge is 0.389 e. The molecule has 0 spiro atoms. The summed E-state index contributed by atoms with van der Waals surface area (Å²) in [5.74, 6) is 1.23. The number of hydrogen-bond donors (Lipinski definition) is 2. The number of unbranched alkanes of at least 4 members (excludes halogenated alkanes) is 2. The molecule has 2 nitrogen and oxygen atoms in total. The van der Waals surface area contributed by atoms with Crippen LogP contribution in [0.3, 0.4) is 0 Å². The normalized spacial score (nSPS) is 10.3. The van der Waals surface area contributed by atoms with Crippen LogP contribution in [0, 0.1) is 0 Å². The number of thiocarbonyl (C=S) groups is 1. The standard InChI is InChI=1S/C13H19ClN2S2/c1-18-8-4-2-3-7-16-12-9-10(14)5-6-11(12)13(15)17/h5-6,9,16H,2-4,7-8H2,1H3,(H2,15,17). The Morgan fingerprint density at radius 1 is 1.39 bits per heavy atom. The van der Waals surface area contributed by atoms with Crippen molar-refractivity contribution in [1.29, 1.82) is 0 Å². The van der Waals surface area contributed by atoms with Gasteiger partial charge in [0.1, 0.15) is 4.99 Å². The van der Waals surface area contributed by atoms with Gasteiger partial charge in [0.25, 0.3) is 0 Å². The fourth-order valence-electron chi connectivity index (χ4n) is 1.65. The minimum Gasteiger partial charge on any atom is -0.389 e. The Morgan fingerprint density at radius 3 is 2.83 bits per heavy atom. The van der Waals surface area contributed by atoms with Crippen molar-refractivity contribution in [2.75, 3.05) is 23.9 Å². The van der Waals surface area contributed by atoms with Gasteiger partial charge in [-0.25, -0.2) is 0 Å². The summed E-state index contributed by atoms with van der Waals surface area (Å²) in [4.78, 5) is 0.400. The van der Waals surface area contributed by atoms with E-state index in [1.54, 1.807) is 6.07 Å². The van der Waals surface area contributed by atoms with Gasteiger partial charge in [-0.3, -0.25) is 0 Å². The van der Waals surface area contributed by atoms with E-state index in [9.17, 15) is 0 Å². The average Bonchev–Trinajstić information content (AvgIpc) is 2.33. The Labute approximate surface area is 124 Å². The molecule has 0 aliphatic carbocycles. The van der Waals surface area contributed by atoms with Crippen molar-refractivity contribution >= 4 is 46.3 Å². The summed E-state index contributed by atoms with van der Waals surface area (Å²) < 4.78 is 0. The summed E-state index contributed by atoms with van der Waals surface area (Å²) in [6.45, 7) is 0.921. The maximum atomic E-state index is 5.98. The predicted octanol–water partition coefficient (Wildman–Crippen LogP) is 3.92. The van der Waals surface area contributed by atoms with Crippen molar-refractivity contribution in [3.8, 4) is 0 Å². The maximum Gasteiger partial charge on any atom is 0.106 e. The van der Waals surface area contributed by atoms with Gasteiger partial charge in [-0.1, -0.05) is 30.2 Å². The first kappa shape index (κ1) is 15.6. The summed E-state index contributed by atoms with van der Waals surface area (Å²) in [5, 5.41) is 4.05. The van der Waals surface area contributed by atoms with E-state index < -0.39 is 0 Å². The van der Waals surface area contributed by atoms with Gasteiger partial charge >= 0.3 is 0 Å². The molecule has 1 aromatic rings. The molecule has 1 rings (SSSR count). The van der Waals surface area contributed by atoms with Gasteiger partial charge in [-0.05, 0) is 43.0 Å². The van der Waals surface area contributed by atoms with Crippen LogP contribution in [0.1, 0.15) is 24.8 Å². The lowest BCUT2D eigenvalue weighted by Crippen LogP contribution is -2.13. The highest BCUT2D eigenvalue weighted by Gasteiger charge is 2.05. The summed E-state index contributed by atoms with van der Waals surface area (Å²) in [6, 6.07) is 5.54. The lowest BCUT2D eigenvalue weighted by atomic mass is 10.1. The molecule has 0 bridgehead atoms. The van der Waals surface area contributed by atoms with E-state index in [2.05, 4.69) is 11.6 Å². The molecule has 3 N–H and O–H groups in total. The quantitative estimate of drug-likeness (QED) is 0.564. The van der Waals surface area contributed by atoms with Gasteiger partial charge in [0.05, 0.1) is 0 Å². The van der Waals surface area contributed by atoms with Crippen molar-refractivity contribution < 1.29 is 0 Å². The van der Waals surface area contributed by atoms with Crippen molar-refractivity contribution in [3.63, 3.8) is 0 Å². The molecule has 100 valence electrons. The first-order valence-electron chi connectivity index (χ1n) is 5.97. The van der Waals surface area contributed by atoms with Gasteiger partial charge in [0.2, 0.25) is 0 Å². The first-order valence-corrected chi connectivity index (χ1v) is 8.15. The van der Waals surface area contributed by atoms with Crippen LogP contribution >= 0.6 is 35.6 Å². The van der Waals surface area contributed by atoms with Crippen LogP contribution in [0.4, 0.5) is 5.69 Å². The number of halogens is 1. The zero-order valence-electron chi connectivity index (χ0n) is 10.5. The Hall–Kier alpha value is -0.450. The molecule has 0 amide bonds. The van der Waals surface area contributed by atoms with E-state index in [0.29, 0.717) is 10.0 Å². The molecule has 0 aromatic heterocycles. The lowest BCUT2D eigenvalue weighted by molar-refractivity contribution is 0.750. The second kappa shape index (κ2) is 8.62. The molecule has 0 fully saturated rings. The topological polar surface area (TPSA) is 38.0 Å². The third-order valence-corrected chi connectivity index (χ3v) is 3.74. The van der Waals surface area contributed by atoms with E-state index in [4.69, 9.17) is 29.6 Å². The van der Waals surface area contributed by atoms with E-state index in [-0.39, 0.29) is 0 Å². The third kappa shape index (κ3) is 5.46. The Balaban J connectivity index is 2.45. The molecular formula is C13H19ClN2S2. The van der Waals surface area contributed by atoms with Gasteiger partial charge in [-0.15, -0.1) is 0 Å². The summed E-state index contributed by atoms with van der Waals surface area (Å²) >= 11 is 12.9. The number of thioether (sulfide) groups is 1. The number of benzene rings is 1. The van der Waals surface area contributed by atoms with Gasteiger partial charge < -0.3 is 11.1 Å². The summed E-state index contributed by atoms with van der Waals surface area (Å²) in [5.41, 5.74) is 7.47. The molecular weight excluding hydrogens is 284 g/mol. The van der Waals surface area contributed by atoms with Crippen LogP contribution < -0.4 is 11.1 Å². The molecule has 0 aliphatic rings. The van der Waals surface area contributed by atoms with E-state index in [0.717, 1.165) is 24.2 Å². The van der Waals surface area contributed by atoms with Crippen molar-refractivity contribution in [2.24, 2.45) is 5.73 Å². The summed E-state index contributed by atoms with van der Waals surface area (Å²) in [7, 11) is 0. The zero-order chi connectivity index (χ0) is 13.4. The smallest absolute Gasteiger partial charge is 0.106 e. The highest BCUT2D eigenvalue weighted by Crippen LogP contribution is 2.21. The highest BCUT2D eigenvalue weighted by molar-refractivity contribution is 7.98. The zero-order valence-corrected chi connectivity index (χ0v) is 12.9. The first-order chi connectivity index (χ1) is 8.65. The van der Waals surface area contributed by atoms with Crippen molar-refractivity contribution in [3.05, 3.63) is 28.8 Å². The minimum atomic E-state index is 0.400. The lowest BCUT2D eigenvalue weighted by Gasteiger charge is -2.11. The molecule has 0 atom stereocenters. The number of rotatable bonds is 8. The van der Waals surface area contributed by atoms with Crippen LogP contribution in [-0.4, -0.2) is 23.5 Å².